The lowest BCUT2D eigenvalue weighted by molar-refractivity contribution is -0.137. The fraction of sp³-hybridized carbons (Fsp3) is 0.120. The van der Waals surface area contributed by atoms with Gasteiger partial charge >= 0.3 is 12.1 Å². The highest BCUT2D eigenvalue weighted by Crippen LogP contribution is 2.40. The molecule has 4 aromatic rings. The van der Waals surface area contributed by atoms with Gasteiger partial charge in [-0.3, -0.25) is 0 Å². The van der Waals surface area contributed by atoms with Crippen LogP contribution in [0.1, 0.15) is 27.0 Å². The van der Waals surface area contributed by atoms with Crippen LogP contribution >= 0.6 is 0 Å². The molecule has 1 aliphatic rings. The van der Waals surface area contributed by atoms with Crippen molar-refractivity contribution in [2.75, 3.05) is 0 Å². The molecule has 0 spiro atoms. The Bertz CT molecular complexity index is 1340. The SMILES string of the molecule is O=C(O)c1c2c(nc3ccc(C(F)(F)F)cc13)-c1ccc(-c3ccccc3)cc1CC2. The van der Waals surface area contributed by atoms with E-state index in [4.69, 9.17) is 0 Å². The highest BCUT2D eigenvalue weighted by Gasteiger charge is 2.32. The third kappa shape index (κ3) is 3.24. The number of hydrogen-bond acceptors (Lipinski definition) is 2. The van der Waals surface area contributed by atoms with Crippen LogP contribution in [0.25, 0.3) is 33.3 Å². The van der Waals surface area contributed by atoms with Gasteiger partial charge in [0, 0.05) is 10.9 Å². The molecule has 0 unspecified atom stereocenters. The van der Waals surface area contributed by atoms with Crippen molar-refractivity contribution in [2.24, 2.45) is 0 Å². The van der Waals surface area contributed by atoms with Crippen molar-refractivity contribution in [3.63, 3.8) is 0 Å². The Morgan fingerprint density at radius 1 is 0.903 bits per heavy atom. The van der Waals surface area contributed by atoms with Crippen molar-refractivity contribution in [3.8, 4) is 22.4 Å². The molecule has 0 aliphatic heterocycles. The van der Waals surface area contributed by atoms with Gasteiger partial charge in [0.25, 0.3) is 0 Å². The summed E-state index contributed by atoms with van der Waals surface area (Å²) < 4.78 is 39.6. The predicted molar refractivity (Wildman–Crippen MR) is 112 cm³/mol. The van der Waals surface area contributed by atoms with Gasteiger partial charge in [-0.25, -0.2) is 9.78 Å². The van der Waals surface area contributed by atoms with Crippen LogP contribution in [0.3, 0.4) is 0 Å². The van der Waals surface area contributed by atoms with Crippen molar-refractivity contribution in [2.45, 2.75) is 19.0 Å². The normalized spacial score (nSPS) is 13.0. The van der Waals surface area contributed by atoms with Crippen molar-refractivity contribution in [1.82, 2.24) is 4.98 Å². The lowest BCUT2D eigenvalue weighted by Crippen LogP contribution is -2.14. The second-order valence-electron chi connectivity index (χ2n) is 7.59. The number of nitrogens with zero attached hydrogens (tertiary/aromatic N) is 1. The lowest BCUT2D eigenvalue weighted by atomic mass is 9.83. The summed E-state index contributed by atoms with van der Waals surface area (Å²) in [6.07, 6.45) is -3.56. The second kappa shape index (κ2) is 6.94. The number of aromatic carboxylic acids is 1. The number of carboxylic acids is 1. The zero-order valence-corrected chi connectivity index (χ0v) is 16.2. The summed E-state index contributed by atoms with van der Waals surface area (Å²) in [5.41, 5.74) is 4.28. The molecule has 5 rings (SSSR count). The maximum atomic E-state index is 13.2. The van der Waals surface area contributed by atoms with E-state index in [1.807, 2.05) is 42.5 Å². The predicted octanol–water partition coefficient (Wildman–Crippen LogP) is 6.38. The maximum absolute atomic E-state index is 13.2. The van der Waals surface area contributed by atoms with Crippen molar-refractivity contribution in [1.29, 1.82) is 0 Å². The van der Waals surface area contributed by atoms with Gasteiger partial charge in [0.05, 0.1) is 22.3 Å². The highest BCUT2D eigenvalue weighted by atomic mass is 19.4. The molecule has 0 amide bonds. The molecule has 0 atom stereocenters. The molecule has 0 saturated carbocycles. The summed E-state index contributed by atoms with van der Waals surface area (Å²) in [5, 5.41) is 9.88. The quantitative estimate of drug-likeness (QED) is 0.410. The molecule has 1 aromatic heterocycles. The third-order valence-corrected chi connectivity index (χ3v) is 5.74. The average molecular weight is 419 g/mol. The van der Waals surface area contributed by atoms with Crippen LogP contribution in [0.5, 0.6) is 0 Å². The van der Waals surface area contributed by atoms with E-state index >= 15 is 0 Å². The topological polar surface area (TPSA) is 50.2 Å². The van der Waals surface area contributed by atoms with Gasteiger partial charge in [-0.2, -0.15) is 13.2 Å². The zero-order chi connectivity index (χ0) is 21.8. The van der Waals surface area contributed by atoms with Crippen molar-refractivity contribution < 1.29 is 23.1 Å². The minimum atomic E-state index is -4.56. The number of aryl methyl sites for hydroxylation is 1. The number of halogens is 3. The average Bonchev–Trinajstić information content (AvgIpc) is 2.76. The van der Waals surface area contributed by atoms with Gasteiger partial charge in [-0.1, -0.05) is 48.5 Å². The molecule has 6 heteroatoms. The van der Waals surface area contributed by atoms with E-state index in [2.05, 4.69) is 11.1 Å². The number of alkyl halides is 3. The Morgan fingerprint density at radius 3 is 2.39 bits per heavy atom. The summed E-state index contributed by atoms with van der Waals surface area (Å²) in [7, 11) is 0. The van der Waals surface area contributed by atoms with E-state index in [9.17, 15) is 23.1 Å². The first kappa shape index (κ1) is 19.3. The molecule has 0 radical (unpaired) electrons. The van der Waals surface area contributed by atoms with Gasteiger partial charge in [-0.15, -0.1) is 0 Å². The molecule has 31 heavy (non-hydrogen) atoms. The van der Waals surface area contributed by atoms with E-state index in [0.29, 0.717) is 24.1 Å². The van der Waals surface area contributed by atoms with E-state index in [1.54, 1.807) is 0 Å². The van der Waals surface area contributed by atoms with Crippen molar-refractivity contribution >= 4 is 16.9 Å². The molecule has 1 N–H and O–H groups in total. The van der Waals surface area contributed by atoms with Crippen LogP contribution in [0, 0.1) is 0 Å². The van der Waals surface area contributed by atoms with E-state index in [-0.39, 0.29) is 16.5 Å². The molecule has 0 saturated heterocycles. The molecule has 3 nitrogen and oxygen atoms in total. The number of aromatic nitrogens is 1. The van der Waals surface area contributed by atoms with Crippen LogP contribution in [-0.4, -0.2) is 16.1 Å². The largest absolute Gasteiger partial charge is 0.478 e. The van der Waals surface area contributed by atoms with Gasteiger partial charge in [-0.05, 0) is 53.3 Å². The van der Waals surface area contributed by atoms with Crippen molar-refractivity contribution in [3.05, 3.63) is 89.0 Å². The number of carbonyl (C=O) groups is 1. The number of benzene rings is 3. The van der Waals surface area contributed by atoms with Crippen LogP contribution in [0.4, 0.5) is 13.2 Å². The summed E-state index contributed by atoms with van der Waals surface area (Å²) >= 11 is 0. The Morgan fingerprint density at radius 2 is 1.68 bits per heavy atom. The summed E-state index contributed by atoms with van der Waals surface area (Å²) in [6, 6.07) is 18.9. The monoisotopic (exact) mass is 419 g/mol. The van der Waals surface area contributed by atoms with Gasteiger partial charge in [0.1, 0.15) is 0 Å². The van der Waals surface area contributed by atoms with Crippen LogP contribution in [0.15, 0.2) is 66.7 Å². The highest BCUT2D eigenvalue weighted by molar-refractivity contribution is 6.06. The maximum Gasteiger partial charge on any atom is 0.416 e. The number of rotatable bonds is 2. The number of fused-ring (bicyclic) bond motifs is 4. The van der Waals surface area contributed by atoms with E-state index in [1.165, 1.54) is 6.07 Å². The smallest absolute Gasteiger partial charge is 0.416 e. The fourth-order valence-corrected chi connectivity index (χ4v) is 4.29. The first-order valence-electron chi connectivity index (χ1n) is 9.79. The second-order valence-corrected chi connectivity index (χ2v) is 7.59. The summed E-state index contributed by atoms with van der Waals surface area (Å²) in [5.74, 6) is -1.24. The van der Waals surface area contributed by atoms with E-state index in [0.717, 1.165) is 34.4 Å². The van der Waals surface area contributed by atoms with Crippen LogP contribution in [0.2, 0.25) is 0 Å². The molecule has 3 aromatic carbocycles. The van der Waals surface area contributed by atoms with Gasteiger partial charge in [0.15, 0.2) is 0 Å². The number of carboxylic acid groups (broad SMARTS) is 1. The minimum absolute atomic E-state index is 0.0189. The molecule has 154 valence electrons. The van der Waals surface area contributed by atoms with E-state index < -0.39 is 17.7 Å². The minimum Gasteiger partial charge on any atom is -0.478 e. The molecule has 0 fully saturated rings. The summed E-state index contributed by atoms with van der Waals surface area (Å²) in [4.78, 5) is 16.7. The Kier molecular flexibility index (Phi) is 4.32. The number of hydrogen-bond donors (Lipinski definition) is 1. The van der Waals surface area contributed by atoms with Gasteiger partial charge < -0.3 is 5.11 Å². The molecule has 1 aliphatic carbocycles. The number of pyridine rings is 1. The lowest BCUT2D eigenvalue weighted by Gasteiger charge is -2.23. The fourth-order valence-electron chi connectivity index (χ4n) is 4.29. The van der Waals surface area contributed by atoms with Crippen LogP contribution < -0.4 is 0 Å². The first-order chi connectivity index (χ1) is 14.8. The Labute approximate surface area is 175 Å². The molecule has 0 bridgehead atoms. The Balaban J connectivity index is 1.72. The zero-order valence-electron chi connectivity index (χ0n) is 16.2. The standard InChI is InChI=1S/C25H16F3NO2/c26-25(27,28)17-8-11-21-20(13-17)22(24(30)31)19-10-7-16-12-15(14-4-2-1-3-5-14)6-9-18(16)23(19)29-21/h1-6,8-9,11-13H,7,10H2,(H,30,31). The summed E-state index contributed by atoms with van der Waals surface area (Å²) in [6.45, 7) is 0. The molecular formula is C25H16F3NO2. The molecular weight excluding hydrogens is 403 g/mol. The first-order valence-corrected chi connectivity index (χ1v) is 9.79. The molecule has 1 heterocycles. The van der Waals surface area contributed by atoms with Gasteiger partial charge in [0.2, 0.25) is 0 Å². The Hall–Kier alpha value is -3.67. The van der Waals surface area contributed by atoms with Crippen LogP contribution in [-0.2, 0) is 19.0 Å². The third-order valence-electron chi connectivity index (χ3n) is 5.74.